The van der Waals surface area contributed by atoms with Gasteiger partial charge in [-0.25, -0.2) is 4.79 Å². The number of hydrogen-bond donors (Lipinski definition) is 5. The summed E-state index contributed by atoms with van der Waals surface area (Å²) < 4.78 is 5.02. The van der Waals surface area contributed by atoms with Gasteiger partial charge < -0.3 is 30.3 Å². The first-order valence-electron chi connectivity index (χ1n) is 4.69. The molecule has 0 amide bonds. The first kappa shape index (κ1) is 13.1. The molecule has 0 spiro atoms. The number of aliphatic hydroxyl groups is 4. The van der Waals surface area contributed by atoms with Crippen molar-refractivity contribution in [3.8, 4) is 0 Å². The van der Waals surface area contributed by atoms with Crippen LogP contribution in [0.2, 0.25) is 0 Å². The third kappa shape index (κ3) is 2.77. The van der Waals surface area contributed by atoms with Crippen LogP contribution in [0.5, 0.6) is 0 Å². The number of carboxylic acid groups (broad SMARTS) is 1. The minimum absolute atomic E-state index is 0.539. The number of carbonyl (C=O) groups is 1. The largest absolute Gasteiger partial charge is 0.478 e. The number of carboxylic acids is 1. The Kier molecular flexibility index (Phi) is 4.39. The highest BCUT2D eigenvalue weighted by atomic mass is 16.5. The quantitative estimate of drug-likeness (QED) is 0.341. The highest BCUT2D eigenvalue weighted by Gasteiger charge is 2.42. The minimum atomic E-state index is -1.49. The van der Waals surface area contributed by atoms with E-state index in [4.69, 9.17) is 14.9 Å². The van der Waals surface area contributed by atoms with Gasteiger partial charge >= 0.3 is 5.97 Å². The average molecular weight is 234 g/mol. The molecule has 1 aliphatic heterocycles. The molecule has 0 aliphatic carbocycles. The second-order valence-electron chi connectivity index (χ2n) is 3.49. The smallest absolute Gasteiger partial charge is 0.328 e. The van der Waals surface area contributed by atoms with Crippen molar-refractivity contribution >= 4 is 5.97 Å². The van der Waals surface area contributed by atoms with Crippen LogP contribution < -0.4 is 0 Å². The second kappa shape index (κ2) is 5.37. The molecule has 1 rings (SSSR count). The number of ether oxygens (including phenoxy) is 1. The number of aliphatic hydroxyl groups excluding tert-OH is 4. The van der Waals surface area contributed by atoms with E-state index in [-0.39, 0.29) is 0 Å². The van der Waals surface area contributed by atoms with Crippen LogP contribution >= 0.6 is 0 Å². The van der Waals surface area contributed by atoms with Crippen molar-refractivity contribution in [3.63, 3.8) is 0 Å². The number of aliphatic carboxylic acids is 1. The van der Waals surface area contributed by atoms with Crippen LogP contribution in [0, 0.1) is 0 Å². The summed E-state index contributed by atoms with van der Waals surface area (Å²) in [4.78, 5) is 10.3. The number of hydrogen-bond acceptors (Lipinski definition) is 6. The SMILES string of the molecule is O=C(O)C=CC1O[C@H](CO)[C@@H](O)[C@H](O)[C@H]1O. The summed E-state index contributed by atoms with van der Waals surface area (Å²) >= 11 is 0. The van der Waals surface area contributed by atoms with Crippen LogP contribution in [0.25, 0.3) is 0 Å². The summed E-state index contributed by atoms with van der Waals surface area (Å²) in [6.07, 6.45) is -4.66. The Morgan fingerprint density at radius 1 is 1.19 bits per heavy atom. The fraction of sp³-hybridized carbons (Fsp3) is 0.667. The van der Waals surface area contributed by atoms with Crippen molar-refractivity contribution in [3.05, 3.63) is 12.2 Å². The van der Waals surface area contributed by atoms with Gasteiger partial charge in [0, 0.05) is 6.08 Å². The summed E-state index contributed by atoms with van der Waals surface area (Å²) in [5.41, 5.74) is 0. The summed E-state index contributed by atoms with van der Waals surface area (Å²) in [7, 11) is 0. The molecule has 5 N–H and O–H groups in total. The van der Waals surface area contributed by atoms with Crippen LogP contribution in [-0.2, 0) is 9.53 Å². The van der Waals surface area contributed by atoms with E-state index in [2.05, 4.69) is 0 Å². The molecule has 0 aromatic heterocycles. The van der Waals surface area contributed by atoms with Crippen LogP contribution in [0.3, 0.4) is 0 Å². The van der Waals surface area contributed by atoms with E-state index in [1.165, 1.54) is 0 Å². The molecule has 1 unspecified atom stereocenters. The zero-order chi connectivity index (χ0) is 12.3. The van der Waals surface area contributed by atoms with Crippen LogP contribution in [0.4, 0.5) is 0 Å². The van der Waals surface area contributed by atoms with E-state index >= 15 is 0 Å². The van der Waals surface area contributed by atoms with E-state index in [9.17, 15) is 20.1 Å². The highest BCUT2D eigenvalue weighted by Crippen LogP contribution is 2.21. The molecule has 0 aromatic rings. The third-order valence-corrected chi connectivity index (χ3v) is 2.36. The lowest BCUT2D eigenvalue weighted by Crippen LogP contribution is -2.57. The molecule has 5 atom stereocenters. The molecule has 0 saturated carbocycles. The zero-order valence-electron chi connectivity index (χ0n) is 8.30. The molecule has 7 nitrogen and oxygen atoms in total. The lowest BCUT2D eigenvalue weighted by molar-refractivity contribution is -0.216. The molecule has 1 aliphatic rings. The average Bonchev–Trinajstić information content (AvgIpc) is 2.25. The Balaban J connectivity index is 2.74. The van der Waals surface area contributed by atoms with Gasteiger partial charge in [-0.15, -0.1) is 0 Å². The van der Waals surface area contributed by atoms with Gasteiger partial charge in [0.25, 0.3) is 0 Å². The minimum Gasteiger partial charge on any atom is -0.478 e. The molecule has 16 heavy (non-hydrogen) atoms. The summed E-state index contributed by atoms with van der Waals surface area (Å²) in [6.45, 7) is -0.539. The van der Waals surface area contributed by atoms with E-state index in [1.807, 2.05) is 0 Å². The van der Waals surface area contributed by atoms with Crippen molar-refractivity contribution in [1.29, 1.82) is 0 Å². The molecule has 1 saturated heterocycles. The van der Waals surface area contributed by atoms with Crippen molar-refractivity contribution in [2.75, 3.05) is 6.61 Å². The standard InChI is InChI=1S/C9H14O7/c10-3-5-8(14)9(15)7(13)4(16-5)1-2-6(11)12/h1-2,4-5,7-10,13-15H,3H2,(H,11,12)/t4?,5-,7+,8-,9-/m1/s1. The molecule has 1 heterocycles. The first-order valence-corrected chi connectivity index (χ1v) is 4.69. The molecule has 7 heteroatoms. The zero-order valence-corrected chi connectivity index (χ0v) is 8.30. The Hall–Kier alpha value is -0.990. The molecule has 1 fully saturated rings. The van der Waals surface area contributed by atoms with Crippen LogP contribution in [0.15, 0.2) is 12.2 Å². The summed E-state index contributed by atoms with van der Waals surface area (Å²) in [5, 5.41) is 45.5. The predicted molar refractivity (Wildman–Crippen MR) is 50.5 cm³/mol. The Labute approximate surface area is 91.2 Å². The first-order chi connectivity index (χ1) is 7.47. The fourth-order valence-electron chi connectivity index (χ4n) is 1.47. The van der Waals surface area contributed by atoms with Gasteiger partial charge in [0.1, 0.15) is 30.5 Å². The lowest BCUT2D eigenvalue weighted by atomic mass is 9.95. The van der Waals surface area contributed by atoms with Gasteiger partial charge in [-0.2, -0.15) is 0 Å². The summed E-state index contributed by atoms with van der Waals surface area (Å²) in [6, 6.07) is 0. The molecule has 0 bridgehead atoms. The second-order valence-corrected chi connectivity index (χ2v) is 3.49. The van der Waals surface area contributed by atoms with E-state index in [0.717, 1.165) is 12.2 Å². The van der Waals surface area contributed by atoms with Gasteiger partial charge in [-0.1, -0.05) is 0 Å². The summed E-state index contributed by atoms with van der Waals surface area (Å²) in [5.74, 6) is -1.23. The van der Waals surface area contributed by atoms with Gasteiger partial charge in [-0.05, 0) is 6.08 Å². The maximum atomic E-state index is 10.3. The van der Waals surface area contributed by atoms with Crippen LogP contribution in [0.1, 0.15) is 0 Å². The van der Waals surface area contributed by atoms with Crippen LogP contribution in [-0.4, -0.2) is 68.6 Å². The van der Waals surface area contributed by atoms with Gasteiger partial charge in [0.05, 0.1) is 6.61 Å². The Morgan fingerprint density at radius 2 is 1.81 bits per heavy atom. The maximum absolute atomic E-state index is 10.3. The predicted octanol–water partition coefficient (Wildman–Crippen LogP) is -2.53. The van der Waals surface area contributed by atoms with E-state index in [1.54, 1.807) is 0 Å². The monoisotopic (exact) mass is 234 g/mol. The molecule has 0 radical (unpaired) electrons. The van der Waals surface area contributed by atoms with Gasteiger partial charge in [0.2, 0.25) is 0 Å². The topological polar surface area (TPSA) is 127 Å². The maximum Gasteiger partial charge on any atom is 0.328 e. The fourth-order valence-corrected chi connectivity index (χ4v) is 1.47. The normalized spacial score (nSPS) is 40.1. The highest BCUT2D eigenvalue weighted by molar-refractivity contribution is 5.79. The van der Waals surface area contributed by atoms with Gasteiger partial charge in [0.15, 0.2) is 0 Å². The molecule has 0 aromatic carbocycles. The van der Waals surface area contributed by atoms with Gasteiger partial charge in [-0.3, -0.25) is 0 Å². The molecule has 92 valence electrons. The van der Waals surface area contributed by atoms with Crippen molar-refractivity contribution in [2.24, 2.45) is 0 Å². The number of rotatable bonds is 3. The van der Waals surface area contributed by atoms with Crippen molar-refractivity contribution < 1.29 is 35.1 Å². The van der Waals surface area contributed by atoms with Crippen molar-refractivity contribution in [1.82, 2.24) is 0 Å². The Morgan fingerprint density at radius 3 is 2.31 bits per heavy atom. The Bertz CT molecular complexity index is 275. The molecular weight excluding hydrogens is 220 g/mol. The third-order valence-electron chi connectivity index (χ3n) is 2.36. The van der Waals surface area contributed by atoms with Crippen molar-refractivity contribution in [2.45, 2.75) is 30.5 Å². The molecular formula is C9H14O7. The van der Waals surface area contributed by atoms with E-state index in [0.29, 0.717) is 0 Å². The lowest BCUT2D eigenvalue weighted by Gasteiger charge is -2.38. The van der Waals surface area contributed by atoms with E-state index < -0.39 is 43.1 Å².